The Labute approximate surface area is 183 Å². The minimum absolute atomic E-state index is 0.0892. The molecule has 0 bridgehead atoms. The van der Waals surface area contributed by atoms with Crippen LogP contribution in [-0.4, -0.2) is 27.5 Å². The van der Waals surface area contributed by atoms with E-state index < -0.39 is 10.0 Å². The van der Waals surface area contributed by atoms with Gasteiger partial charge in [-0.25, -0.2) is 8.42 Å². The second kappa shape index (κ2) is 10.1. The first-order chi connectivity index (χ1) is 14.9. The largest absolute Gasteiger partial charge is 0.494 e. The zero-order valence-electron chi connectivity index (χ0n) is 17.6. The lowest BCUT2D eigenvalue weighted by atomic mass is 10.1. The molecular weight excluding hydrogens is 412 g/mol. The zero-order valence-corrected chi connectivity index (χ0v) is 18.4. The molecule has 1 N–H and O–H groups in total. The average Bonchev–Trinajstić information content (AvgIpc) is 2.77. The maximum absolute atomic E-state index is 13.4. The Kier molecular flexibility index (Phi) is 7.31. The van der Waals surface area contributed by atoms with E-state index in [0.717, 1.165) is 15.4 Å². The summed E-state index contributed by atoms with van der Waals surface area (Å²) in [4.78, 5) is 12.8. The molecule has 0 aliphatic heterocycles. The van der Waals surface area contributed by atoms with Crippen LogP contribution >= 0.6 is 0 Å². The van der Waals surface area contributed by atoms with Crippen molar-refractivity contribution in [3.8, 4) is 5.75 Å². The lowest BCUT2D eigenvalue weighted by molar-refractivity contribution is -0.119. The van der Waals surface area contributed by atoms with Gasteiger partial charge in [-0.15, -0.1) is 0 Å². The third-order valence-electron chi connectivity index (χ3n) is 4.63. The monoisotopic (exact) mass is 438 g/mol. The number of ether oxygens (including phenoxy) is 1. The van der Waals surface area contributed by atoms with Gasteiger partial charge in [-0.1, -0.05) is 48.0 Å². The number of rotatable bonds is 9. The van der Waals surface area contributed by atoms with Crippen molar-refractivity contribution in [2.75, 3.05) is 17.5 Å². The summed E-state index contributed by atoms with van der Waals surface area (Å²) in [6.45, 7) is 4.32. The molecular formula is C24H26N2O4S. The van der Waals surface area contributed by atoms with Gasteiger partial charge in [0.25, 0.3) is 10.0 Å². The molecule has 31 heavy (non-hydrogen) atoms. The van der Waals surface area contributed by atoms with Crippen molar-refractivity contribution in [3.63, 3.8) is 0 Å². The second-order valence-corrected chi connectivity index (χ2v) is 8.88. The SMILES string of the molecule is CCOc1ccc(S(=O)(=O)N(CC(=O)NCc2cccc(C)c2)c2ccccc2)cc1. The molecule has 162 valence electrons. The van der Waals surface area contributed by atoms with Gasteiger partial charge >= 0.3 is 0 Å². The summed E-state index contributed by atoms with van der Waals surface area (Å²) in [5.41, 5.74) is 2.46. The van der Waals surface area contributed by atoms with Gasteiger partial charge in [-0.2, -0.15) is 0 Å². The number of carbonyl (C=O) groups is 1. The number of amides is 1. The van der Waals surface area contributed by atoms with Crippen LogP contribution in [0.2, 0.25) is 0 Å². The number of para-hydroxylation sites is 1. The Hall–Kier alpha value is -3.32. The molecule has 6 nitrogen and oxygen atoms in total. The van der Waals surface area contributed by atoms with E-state index in [9.17, 15) is 13.2 Å². The topological polar surface area (TPSA) is 75.7 Å². The molecule has 0 aliphatic rings. The number of aryl methyl sites for hydroxylation is 1. The van der Waals surface area contributed by atoms with Crippen LogP contribution in [0.25, 0.3) is 0 Å². The molecule has 3 rings (SSSR count). The number of sulfonamides is 1. The van der Waals surface area contributed by atoms with Gasteiger partial charge in [-0.3, -0.25) is 9.10 Å². The second-order valence-electron chi connectivity index (χ2n) is 7.02. The molecule has 0 aliphatic carbocycles. The molecule has 0 saturated carbocycles. The number of nitrogens with one attached hydrogen (secondary N) is 1. The molecule has 0 atom stereocenters. The number of hydrogen-bond donors (Lipinski definition) is 1. The normalized spacial score (nSPS) is 11.0. The number of carbonyl (C=O) groups excluding carboxylic acids is 1. The predicted octanol–water partition coefficient (Wildman–Crippen LogP) is 3.91. The molecule has 7 heteroatoms. The van der Waals surface area contributed by atoms with E-state index >= 15 is 0 Å². The third-order valence-corrected chi connectivity index (χ3v) is 6.41. The molecule has 0 aromatic heterocycles. The Morgan fingerprint density at radius 2 is 1.68 bits per heavy atom. The zero-order chi connectivity index (χ0) is 22.3. The van der Waals surface area contributed by atoms with Crippen LogP contribution < -0.4 is 14.4 Å². The van der Waals surface area contributed by atoms with Gasteiger partial charge in [0.15, 0.2) is 0 Å². The van der Waals surface area contributed by atoms with Gasteiger partial charge in [-0.05, 0) is 55.8 Å². The van der Waals surface area contributed by atoms with E-state index in [1.165, 1.54) is 12.1 Å². The molecule has 0 radical (unpaired) electrons. The van der Waals surface area contributed by atoms with Crippen molar-refractivity contribution in [1.29, 1.82) is 0 Å². The lowest BCUT2D eigenvalue weighted by Gasteiger charge is -2.24. The first kappa shape index (κ1) is 22.4. The summed E-state index contributed by atoms with van der Waals surface area (Å²) in [6, 6.07) is 22.6. The van der Waals surface area contributed by atoms with Crippen LogP contribution in [0.3, 0.4) is 0 Å². The van der Waals surface area contributed by atoms with Crippen molar-refractivity contribution in [2.45, 2.75) is 25.3 Å². The van der Waals surface area contributed by atoms with Gasteiger partial charge in [0.2, 0.25) is 5.91 Å². The minimum atomic E-state index is -3.95. The van der Waals surface area contributed by atoms with Crippen molar-refractivity contribution in [3.05, 3.63) is 90.0 Å². The van der Waals surface area contributed by atoms with E-state index in [0.29, 0.717) is 24.6 Å². The summed E-state index contributed by atoms with van der Waals surface area (Å²) in [5, 5.41) is 2.81. The van der Waals surface area contributed by atoms with Gasteiger partial charge in [0, 0.05) is 6.54 Å². The van der Waals surface area contributed by atoms with Gasteiger partial charge < -0.3 is 10.1 Å². The molecule has 0 fully saturated rings. The Morgan fingerprint density at radius 3 is 2.32 bits per heavy atom. The fraction of sp³-hybridized carbons (Fsp3) is 0.208. The minimum Gasteiger partial charge on any atom is -0.494 e. The van der Waals surface area contributed by atoms with E-state index in [4.69, 9.17) is 4.74 Å². The van der Waals surface area contributed by atoms with Crippen LogP contribution in [0.1, 0.15) is 18.1 Å². The fourth-order valence-electron chi connectivity index (χ4n) is 3.12. The highest BCUT2D eigenvalue weighted by Crippen LogP contribution is 2.25. The summed E-state index contributed by atoms with van der Waals surface area (Å²) in [6.07, 6.45) is 0. The summed E-state index contributed by atoms with van der Waals surface area (Å²) < 4.78 is 33.2. The molecule has 0 spiro atoms. The molecule has 0 saturated heterocycles. The summed E-state index contributed by atoms with van der Waals surface area (Å²) in [7, 11) is -3.95. The van der Waals surface area contributed by atoms with Crippen molar-refractivity contribution in [1.82, 2.24) is 5.32 Å². The first-order valence-electron chi connectivity index (χ1n) is 10.0. The number of hydrogen-bond acceptors (Lipinski definition) is 4. The highest BCUT2D eigenvalue weighted by molar-refractivity contribution is 7.92. The van der Waals surface area contributed by atoms with E-state index in [1.54, 1.807) is 42.5 Å². The van der Waals surface area contributed by atoms with Crippen molar-refractivity contribution < 1.29 is 17.9 Å². The van der Waals surface area contributed by atoms with Crippen molar-refractivity contribution in [2.24, 2.45) is 0 Å². The number of benzene rings is 3. The van der Waals surface area contributed by atoms with Crippen LogP contribution in [0.5, 0.6) is 5.75 Å². The Bertz CT molecular complexity index is 1110. The lowest BCUT2D eigenvalue weighted by Crippen LogP contribution is -2.40. The number of nitrogens with zero attached hydrogens (tertiary/aromatic N) is 1. The molecule has 1 amide bonds. The van der Waals surface area contributed by atoms with Crippen molar-refractivity contribution >= 4 is 21.6 Å². The average molecular weight is 439 g/mol. The van der Waals surface area contributed by atoms with Crippen LogP contribution in [0.15, 0.2) is 83.8 Å². The van der Waals surface area contributed by atoms with Gasteiger partial charge in [0.05, 0.1) is 17.2 Å². The molecule has 0 heterocycles. The highest BCUT2D eigenvalue weighted by atomic mass is 32.2. The highest BCUT2D eigenvalue weighted by Gasteiger charge is 2.27. The van der Waals surface area contributed by atoms with Crippen LogP contribution in [0, 0.1) is 6.92 Å². The van der Waals surface area contributed by atoms with Crippen LogP contribution in [0.4, 0.5) is 5.69 Å². The summed E-state index contributed by atoms with van der Waals surface area (Å²) in [5.74, 6) is 0.198. The van der Waals surface area contributed by atoms with Crippen LogP contribution in [-0.2, 0) is 21.4 Å². The maximum Gasteiger partial charge on any atom is 0.264 e. The van der Waals surface area contributed by atoms with E-state index in [2.05, 4.69) is 5.32 Å². The molecule has 0 unspecified atom stereocenters. The quantitative estimate of drug-likeness (QED) is 0.550. The standard InChI is InChI=1S/C24H26N2O4S/c1-3-30-22-12-14-23(15-13-22)31(28,29)26(21-10-5-4-6-11-21)18-24(27)25-17-20-9-7-8-19(2)16-20/h4-16H,3,17-18H2,1-2H3,(H,25,27). The summed E-state index contributed by atoms with van der Waals surface area (Å²) >= 11 is 0. The van der Waals surface area contributed by atoms with E-state index in [1.807, 2.05) is 38.1 Å². The Balaban J connectivity index is 1.81. The molecule has 3 aromatic carbocycles. The predicted molar refractivity (Wildman–Crippen MR) is 122 cm³/mol. The smallest absolute Gasteiger partial charge is 0.264 e. The number of anilines is 1. The maximum atomic E-state index is 13.4. The molecule has 3 aromatic rings. The first-order valence-corrected chi connectivity index (χ1v) is 11.5. The Morgan fingerprint density at radius 1 is 0.968 bits per heavy atom. The fourth-order valence-corrected chi connectivity index (χ4v) is 4.54. The van der Waals surface area contributed by atoms with E-state index in [-0.39, 0.29) is 17.3 Å². The van der Waals surface area contributed by atoms with Gasteiger partial charge in [0.1, 0.15) is 12.3 Å². The third kappa shape index (κ3) is 5.86.